The van der Waals surface area contributed by atoms with E-state index in [-0.39, 0.29) is 11.8 Å². The Morgan fingerprint density at radius 2 is 1.78 bits per heavy atom. The number of aryl methyl sites for hydroxylation is 1. The van der Waals surface area contributed by atoms with Crippen molar-refractivity contribution in [1.82, 2.24) is 35.2 Å². The van der Waals surface area contributed by atoms with Gasteiger partial charge in [0.2, 0.25) is 5.95 Å². The Morgan fingerprint density at radius 1 is 0.946 bits per heavy atom. The Hall–Kier alpha value is -4.51. The summed E-state index contributed by atoms with van der Waals surface area (Å²) in [5.74, 6) is 1.56. The number of pyridine rings is 2. The van der Waals surface area contributed by atoms with Crippen LogP contribution in [0.25, 0.3) is 11.5 Å². The molecule has 1 aliphatic rings. The lowest BCUT2D eigenvalue weighted by atomic mass is 10.0. The molecule has 0 aromatic carbocycles. The number of nitrogens with one attached hydrogen (secondary N) is 3. The van der Waals surface area contributed by atoms with Crippen LogP contribution in [0.1, 0.15) is 35.9 Å². The number of carbonyl (C=O) groups excluding carboxylic acids is 1. The predicted octanol–water partition coefficient (Wildman–Crippen LogP) is 3.82. The van der Waals surface area contributed by atoms with Crippen LogP contribution in [0.5, 0.6) is 0 Å². The first-order valence-electron chi connectivity index (χ1n) is 12.1. The van der Waals surface area contributed by atoms with Crippen LogP contribution in [0.15, 0.2) is 61.1 Å². The van der Waals surface area contributed by atoms with Crippen molar-refractivity contribution in [1.29, 1.82) is 0 Å². The molecule has 1 aliphatic heterocycles. The van der Waals surface area contributed by atoms with Gasteiger partial charge in [0.05, 0.1) is 11.9 Å². The van der Waals surface area contributed by atoms with E-state index in [0.717, 1.165) is 18.5 Å². The smallest absolute Gasteiger partial charge is 0.357 e. The van der Waals surface area contributed by atoms with Gasteiger partial charge in [0.15, 0.2) is 5.82 Å². The number of anilines is 4. The number of hydrogen-bond acceptors (Lipinski definition) is 11. The molecule has 4 aromatic rings. The van der Waals surface area contributed by atoms with Gasteiger partial charge >= 0.3 is 5.97 Å². The molecule has 0 aliphatic carbocycles. The zero-order valence-corrected chi connectivity index (χ0v) is 20.5. The first kappa shape index (κ1) is 24.2. The second kappa shape index (κ2) is 11.0. The van der Waals surface area contributed by atoms with E-state index in [1.54, 1.807) is 42.9 Å². The summed E-state index contributed by atoms with van der Waals surface area (Å²) in [6.07, 6.45) is 6.53. The molecule has 11 heteroatoms. The molecule has 5 heterocycles. The van der Waals surface area contributed by atoms with Crippen molar-refractivity contribution >= 4 is 29.2 Å². The van der Waals surface area contributed by atoms with E-state index < -0.39 is 5.97 Å². The molecule has 0 saturated carbocycles. The van der Waals surface area contributed by atoms with Gasteiger partial charge in [0, 0.05) is 30.7 Å². The molecule has 0 unspecified atom stereocenters. The quantitative estimate of drug-likeness (QED) is 0.321. The summed E-state index contributed by atoms with van der Waals surface area (Å²) < 4.78 is 5.57. The molecular formula is C26H27N9O2. The summed E-state index contributed by atoms with van der Waals surface area (Å²) >= 11 is 0. The normalized spacial score (nSPS) is 17.1. The highest BCUT2D eigenvalue weighted by molar-refractivity contribution is 5.87. The molecule has 0 amide bonds. The van der Waals surface area contributed by atoms with Crippen molar-refractivity contribution < 1.29 is 9.53 Å². The number of carbonyl (C=O) groups is 1. The predicted molar refractivity (Wildman–Crippen MR) is 139 cm³/mol. The number of nitrogens with zero attached hydrogens (tertiary/aromatic N) is 6. The highest BCUT2D eigenvalue weighted by Gasteiger charge is 2.22. The molecule has 0 bridgehead atoms. The van der Waals surface area contributed by atoms with Crippen LogP contribution in [0.3, 0.4) is 0 Å². The summed E-state index contributed by atoms with van der Waals surface area (Å²) in [5.41, 5.74) is 2.47. The van der Waals surface area contributed by atoms with Gasteiger partial charge in [-0.25, -0.2) is 29.7 Å². The lowest BCUT2D eigenvalue weighted by molar-refractivity contribution is 0.0214. The number of rotatable bonds is 7. The van der Waals surface area contributed by atoms with Crippen molar-refractivity contribution in [2.24, 2.45) is 0 Å². The minimum absolute atomic E-state index is 0.133. The minimum Gasteiger partial charge on any atom is -0.456 e. The topological polar surface area (TPSA) is 140 Å². The van der Waals surface area contributed by atoms with Gasteiger partial charge in [0.1, 0.15) is 29.1 Å². The fraction of sp³-hybridized carbons (Fsp3) is 0.269. The van der Waals surface area contributed by atoms with Crippen LogP contribution in [-0.4, -0.2) is 54.6 Å². The molecule has 3 N–H and O–H groups in total. The highest BCUT2D eigenvalue weighted by Crippen LogP contribution is 2.19. The zero-order valence-electron chi connectivity index (χ0n) is 20.5. The molecule has 188 valence electrons. The number of esters is 1. The second-order valence-corrected chi connectivity index (χ2v) is 8.79. The summed E-state index contributed by atoms with van der Waals surface area (Å²) in [6, 6.07) is 13.0. The highest BCUT2D eigenvalue weighted by atomic mass is 16.5. The van der Waals surface area contributed by atoms with Gasteiger partial charge in [-0.3, -0.25) is 0 Å². The SMILES string of the molecule is Cc1cccc(-c2nccc(Nc3ccnc(Nc4ccc(C(=O)O[C@@H]5CC[C@@H](C)NC5)nc4)n3)n2)n1. The van der Waals surface area contributed by atoms with Gasteiger partial charge in [0.25, 0.3) is 0 Å². The van der Waals surface area contributed by atoms with Crippen molar-refractivity contribution in [2.75, 3.05) is 17.2 Å². The van der Waals surface area contributed by atoms with Crippen LogP contribution in [-0.2, 0) is 4.74 Å². The van der Waals surface area contributed by atoms with Gasteiger partial charge in [-0.15, -0.1) is 0 Å². The third-order valence-corrected chi connectivity index (χ3v) is 5.80. The first-order valence-corrected chi connectivity index (χ1v) is 12.1. The molecule has 5 rings (SSSR count). The average molecular weight is 498 g/mol. The molecule has 4 aromatic heterocycles. The van der Waals surface area contributed by atoms with Crippen LogP contribution in [0.4, 0.5) is 23.3 Å². The molecule has 0 radical (unpaired) electrons. The first-order chi connectivity index (χ1) is 18.0. The summed E-state index contributed by atoms with van der Waals surface area (Å²) in [6.45, 7) is 4.70. The van der Waals surface area contributed by atoms with Gasteiger partial charge in [-0.2, -0.15) is 4.98 Å². The van der Waals surface area contributed by atoms with Gasteiger partial charge in [-0.1, -0.05) is 6.07 Å². The van der Waals surface area contributed by atoms with Crippen molar-refractivity contribution in [3.05, 3.63) is 72.4 Å². The summed E-state index contributed by atoms with van der Waals surface area (Å²) in [5, 5.41) is 9.59. The molecule has 1 saturated heterocycles. The van der Waals surface area contributed by atoms with Crippen molar-refractivity contribution in [2.45, 2.75) is 38.8 Å². The second-order valence-electron chi connectivity index (χ2n) is 8.79. The Labute approximate surface area is 214 Å². The maximum Gasteiger partial charge on any atom is 0.357 e. The van der Waals surface area contributed by atoms with Gasteiger partial charge in [-0.05, 0) is 63.1 Å². The van der Waals surface area contributed by atoms with Crippen molar-refractivity contribution in [3.63, 3.8) is 0 Å². The third kappa shape index (κ3) is 6.39. The van der Waals surface area contributed by atoms with Crippen molar-refractivity contribution in [3.8, 4) is 11.5 Å². The Morgan fingerprint density at radius 3 is 2.54 bits per heavy atom. The van der Waals surface area contributed by atoms with E-state index >= 15 is 0 Å². The fourth-order valence-electron chi connectivity index (χ4n) is 3.84. The van der Waals surface area contributed by atoms with E-state index in [4.69, 9.17) is 4.74 Å². The Balaban J connectivity index is 1.21. The van der Waals surface area contributed by atoms with Gasteiger partial charge < -0.3 is 20.7 Å². The van der Waals surface area contributed by atoms with E-state index in [0.29, 0.717) is 47.4 Å². The number of ether oxygens (including phenoxy) is 1. The van der Waals surface area contributed by atoms with Crippen LogP contribution in [0, 0.1) is 6.92 Å². The molecule has 37 heavy (non-hydrogen) atoms. The maximum absolute atomic E-state index is 12.4. The molecule has 0 spiro atoms. The molecule has 11 nitrogen and oxygen atoms in total. The molecule has 1 fully saturated rings. The van der Waals surface area contributed by atoms with E-state index in [2.05, 4.69) is 52.8 Å². The standard InChI is InChI=1S/C26H27N9O2/c1-16-6-8-19(15-29-16)37-25(36)21-9-7-18(14-30-21)32-26-28-13-11-23(35-26)33-22-10-12-27-24(34-22)20-5-3-4-17(2)31-20/h3-5,7,9-14,16,19,29H,6,8,15H2,1-2H3,(H2,27,28,32,33,34,35)/t16-,19-/m1/s1. The van der Waals surface area contributed by atoms with E-state index in [1.165, 1.54) is 0 Å². The number of hydrogen-bond donors (Lipinski definition) is 3. The summed E-state index contributed by atoms with van der Waals surface area (Å²) in [4.78, 5) is 38.8. The molecular weight excluding hydrogens is 470 g/mol. The number of aromatic nitrogens is 6. The Kier molecular flexibility index (Phi) is 7.22. The Bertz CT molecular complexity index is 1370. The average Bonchev–Trinajstić information content (AvgIpc) is 2.91. The largest absolute Gasteiger partial charge is 0.456 e. The van der Waals surface area contributed by atoms with E-state index in [9.17, 15) is 4.79 Å². The van der Waals surface area contributed by atoms with E-state index in [1.807, 2.05) is 25.1 Å². The van der Waals surface area contributed by atoms with Crippen LogP contribution in [0.2, 0.25) is 0 Å². The lowest BCUT2D eigenvalue weighted by Gasteiger charge is -2.27. The number of piperidine rings is 1. The summed E-state index contributed by atoms with van der Waals surface area (Å²) in [7, 11) is 0. The minimum atomic E-state index is -0.430. The fourth-order valence-corrected chi connectivity index (χ4v) is 3.84. The lowest BCUT2D eigenvalue weighted by Crippen LogP contribution is -2.41. The molecule has 2 atom stereocenters. The van der Waals surface area contributed by atoms with Crippen LogP contribution >= 0.6 is 0 Å². The monoisotopic (exact) mass is 497 g/mol. The maximum atomic E-state index is 12.4. The van der Waals surface area contributed by atoms with Crippen LogP contribution < -0.4 is 16.0 Å². The third-order valence-electron chi connectivity index (χ3n) is 5.80. The zero-order chi connectivity index (χ0) is 25.6.